The summed E-state index contributed by atoms with van der Waals surface area (Å²) >= 11 is 0. The van der Waals surface area contributed by atoms with Gasteiger partial charge in [-0.1, -0.05) is 6.07 Å². The van der Waals surface area contributed by atoms with Crippen molar-refractivity contribution >= 4 is 5.91 Å². The molecule has 18 heavy (non-hydrogen) atoms. The Morgan fingerprint density at radius 3 is 3.06 bits per heavy atom. The zero-order valence-corrected chi connectivity index (χ0v) is 11.1. The Morgan fingerprint density at radius 1 is 1.56 bits per heavy atom. The van der Waals surface area contributed by atoms with Crippen LogP contribution in [0.4, 0.5) is 0 Å². The predicted octanol–water partition coefficient (Wildman–Crippen LogP) is 1.35. The smallest absolute Gasteiger partial charge is 0.227 e. The van der Waals surface area contributed by atoms with E-state index in [1.807, 2.05) is 32.2 Å². The quantitative estimate of drug-likeness (QED) is 0.877. The third-order valence-corrected chi connectivity index (χ3v) is 3.37. The summed E-state index contributed by atoms with van der Waals surface area (Å²) in [6.45, 7) is 4.41. The second kappa shape index (κ2) is 5.96. The number of carbonyl (C=O) groups excluding carboxylic acids is 1. The molecule has 4 nitrogen and oxygen atoms in total. The highest BCUT2D eigenvalue weighted by Gasteiger charge is 2.23. The minimum absolute atomic E-state index is 0.133. The molecule has 2 heterocycles. The molecule has 0 aliphatic carbocycles. The maximum atomic E-state index is 12.2. The molecular weight excluding hydrogens is 226 g/mol. The molecule has 1 N–H and O–H groups in total. The summed E-state index contributed by atoms with van der Waals surface area (Å²) in [5.41, 5.74) is 1.95. The van der Waals surface area contributed by atoms with E-state index in [0.29, 0.717) is 6.54 Å². The van der Waals surface area contributed by atoms with E-state index in [-0.39, 0.29) is 11.8 Å². The first-order valence-corrected chi connectivity index (χ1v) is 6.55. The lowest BCUT2D eigenvalue weighted by Gasteiger charge is -2.26. The molecule has 0 bridgehead atoms. The van der Waals surface area contributed by atoms with Gasteiger partial charge >= 0.3 is 0 Å². The highest BCUT2D eigenvalue weighted by molar-refractivity contribution is 5.78. The van der Waals surface area contributed by atoms with Crippen molar-refractivity contribution in [1.29, 1.82) is 0 Å². The first kappa shape index (κ1) is 13.0. The molecule has 98 valence electrons. The molecule has 1 saturated heterocycles. The fourth-order valence-corrected chi connectivity index (χ4v) is 2.38. The Balaban J connectivity index is 1.94. The van der Waals surface area contributed by atoms with Crippen LogP contribution in [-0.4, -0.2) is 35.9 Å². The van der Waals surface area contributed by atoms with Crippen molar-refractivity contribution in [1.82, 2.24) is 15.2 Å². The lowest BCUT2D eigenvalue weighted by molar-refractivity contribution is -0.135. The maximum Gasteiger partial charge on any atom is 0.227 e. The summed E-state index contributed by atoms with van der Waals surface area (Å²) in [6, 6.07) is 5.92. The van der Waals surface area contributed by atoms with Gasteiger partial charge < -0.3 is 10.2 Å². The number of nitrogens with one attached hydrogen (secondary N) is 1. The van der Waals surface area contributed by atoms with Gasteiger partial charge in [0.25, 0.3) is 0 Å². The first-order valence-electron chi connectivity index (χ1n) is 6.55. The van der Waals surface area contributed by atoms with Crippen LogP contribution in [0.15, 0.2) is 18.2 Å². The molecule has 1 aromatic rings. The molecule has 4 heteroatoms. The van der Waals surface area contributed by atoms with Gasteiger partial charge in [-0.15, -0.1) is 0 Å². The summed E-state index contributed by atoms with van der Waals surface area (Å²) in [4.78, 5) is 18.5. The van der Waals surface area contributed by atoms with Crippen molar-refractivity contribution in [3.8, 4) is 0 Å². The number of aromatic nitrogens is 1. The minimum atomic E-state index is 0.133. The molecule has 0 spiro atoms. The van der Waals surface area contributed by atoms with E-state index in [1.54, 1.807) is 4.90 Å². The molecule has 0 aromatic carbocycles. The van der Waals surface area contributed by atoms with E-state index in [0.717, 1.165) is 37.3 Å². The lowest BCUT2D eigenvalue weighted by Crippen LogP contribution is -2.41. The van der Waals surface area contributed by atoms with Gasteiger partial charge in [0.2, 0.25) is 5.91 Å². The Morgan fingerprint density at radius 2 is 2.39 bits per heavy atom. The van der Waals surface area contributed by atoms with Crippen LogP contribution in [0.5, 0.6) is 0 Å². The van der Waals surface area contributed by atoms with Crippen molar-refractivity contribution in [2.75, 3.05) is 20.1 Å². The lowest BCUT2D eigenvalue weighted by atomic mass is 9.98. The highest BCUT2D eigenvalue weighted by atomic mass is 16.2. The Bertz CT molecular complexity index is 413. The number of amides is 1. The Kier molecular flexibility index (Phi) is 4.31. The molecule has 1 fully saturated rings. The molecule has 0 unspecified atom stereocenters. The van der Waals surface area contributed by atoms with Crippen molar-refractivity contribution in [3.63, 3.8) is 0 Å². The second-order valence-electron chi connectivity index (χ2n) is 5.01. The summed E-state index contributed by atoms with van der Waals surface area (Å²) in [7, 11) is 1.86. The van der Waals surface area contributed by atoms with Crippen molar-refractivity contribution in [2.45, 2.75) is 26.3 Å². The fourth-order valence-electron chi connectivity index (χ4n) is 2.38. The van der Waals surface area contributed by atoms with Crippen LogP contribution in [0, 0.1) is 12.8 Å². The average Bonchev–Trinajstić information content (AvgIpc) is 2.39. The average molecular weight is 247 g/mol. The van der Waals surface area contributed by atoms with Gasteiger partial charge in [0, 0.05) is 19.3 Å². The molecular formula is C14H21N3O. The monoisotopic (exact) mass is 247 g/mol. The third kappa shape index (κ3) is 3.29. The van der Waals surface area contributed by atoms with Gasteiger partial charge in [0.1, 0.15) is 0 Å². The first-order chi connectivity index (χ1) is 8.66. The van der Waals surface area contributed by atoms with Crippen LogP contribution < -0.4 is 5.32 Å². The third-order valence-electron chi connectivity index (χ3n) is 3.37. The van der Waals surface area contributed by atoms with E-state index in [2.05, 4.69) is 10.3 Å². The molecule has 1 atom stereocenters. The molecule has 2 rings (SSSR count). The van der Waals surface area contributed by atoms with Gasteiger partial charge in [-0.25, -0.2) is 0 Å². The topological polar surface area (TPSA) is 45.2 Å². The van der Waals surface area contributed by atoms with Crippen LogP contribution in [0.25, 0.3) is 0 Å². The number of pyridine rings is 1. The number of carbonyl (C=O) groups is 1. The molecule has 1 aliphatic rings. The summed E-state index contributed by atoms with van der Waals surface area (Å²) in [6.07, 6.45) is 2.09. The van der Waals surface area contributed by atoms with Crippen LogP contribution in [0.1, 0.15) is 24.2 Å². The molecule has 0 radical (unpaired) electrons. The molecule has 1 aliphatic heterocycles. The van der Waals surface area contributed by atoms with Gasteiger partial charge in [0.15, 0.2) is 0 Å². The van der Waals surface area contributed by atoms with Crippen LogP contribution >= 0.6 is 0 Å². The predicted molar refractivity (Wildman–Crippen MR) is 71.0 cm³/mol. The van der Waals surface area contributed by atoms with Crippen molar-refractivity contribution in [3.05, 3.63) is 29.6 Å². The molecule has 0 saturated carbocycles. The molecule has 1 amide bonds. The zero-order valence-electron chi connectivity index (χ0n) is 11.1. The van der Waals surface area contributed by atoms with Crippen molar-refractivity contribution in [2.24, 2.45) is 5.92 Å². The summed E-state index contributed by atoms with van der Waals surface area (Å²) in [5, 5.41) is 3.28. The van der Waals surface area contributed by atoms with E-state index >= 15 is 0 Å². The van der Waals surface area contributed by atoms with Crippen LogP contribution in [0.3, 0.4) is 0 Å². The van der Waals surface area contributed by atoms with Gasteiger partial charge in [-0.3, -0.25) is 9.78 Å². The number of aryl methyl sites for hydroxylation is 1. The van der Waals surface area contributed by atoms with Crippen LogP contribution in [-0.2, 0) is 11.3 Å². The number of nitrogens with zero attached hydrogens (tertiary/aromatic N) is 2. The largest absolute Gasteiger partial charge is 0.340 e. The number of hydrogen-bond acceptors (Lipinski definition) is 3. The van der Waals surface area contributed by atoms with Gasteiger partial charge in [0.05, 0.1) is 18.2 Å². The SMILES string of the molecule is Cc1cccc(CN(C)C(=O)[C@@H]2CCCNC2)n1. The summed E-state index contributed by atoms with van der Waals surface area (Å²) < 4.78 is 0. The number of hydrogen-bond donors (Lipinski definition) is 1. The molecule has 1 aromatic heterocycles. The highest BCUT2D eigenvalue weighted by Crippen LogP contribution is 2.14. The summed E-state index contributed by atoms with van der Waals surface area (Å²) in [5.74, 6) is 0.360. The number of rotatable bonds is 3. The van der Waals surface area contributed by atoms with E-state index in [1.165, 1.54) is 0 Å². The zero-order chi connectivity index (χ0) is 13.0. The Hall–Kier alpha value is -1.42. The van der Waals surface area contributed by atoms with Crippen molar-refractivity contribution < 1.29 is 4.79 Å². The fraction of sp³-hybridized carbons (Fsp3) is 0.571. The van der Waals surface area contributed by atoms with E-state index in [4.69, 9.17) is 0 Å². The normalized spacial score (nSPS) is 19.6. The number of piperidine rings is 1. The Labute approximate surface area is 108 Å². The second-order valence-corrected chi connectivity index (χ2v) is 5.01. The maximum absolute atomic E-state index is 12.2. The van der Waals surface area contributed by atoms with E-state index in [9.17, 15) is 4.79 Å². The minimum Gasteiger partial charge on any atom is -0.340 e. The van der Waals surface area contributed by atoms with Crippen LogP contribution in [0.2, 0.25) is 0 Å². The van der Waals surface area contributed by atoms with E-state index < -0.39 is 0 Å². The van der Waals surface area contributed by atoms with Gasteiger partial charge in [-0.2, -0.15) is 0 Å². The van der Waals surface area contributed by atoms with Gasteiger partial charge in [-0.05, 0) is 38.4 Å². The standard InChI is InChI=1S/C14H21N3O/c1-11-5-3-7-13(16-11)10-17(2)14(18)12-6-4-8-15-9-12/h3,5,7,12,15H,4,6,8-10H2,1-2H3/t12-/m1/s1.